The maximum absolute atomic E-state index is 12.8. The van der Waals surface area contributed by atoms with Crippen molar-refractivity contribution in [2.75, 3.05) is 6.54 Å². The van der Waals surface area contributed by atoms with E-state index in [-0.39, 0.29) is 30.7 Å². The molecule has 0 saturated carbocycles. The monoisotopic (exact) mass is 413 g/mol. The highest BCUT2D eigenvalue weighted by Crippen LogP contribution is 2.41. The zero-order valence-electron chi connectivity index (χ0n) is 15.8. The van der Waals surface area contributed by atoms with Crippen LogP contribution >= 0.6 is 11.6 Å². The Labute approximate surface area is 173 Å². The number of nitrogens with zero attached hydrogens (tertiary/aromatic N) is 1. The molecule has 1 aliphatic rings. The van der Waals surface area contributed by atoms with Crippen LogP contribution in [0.4, 0.5) is 0 Å². The van der Waals surface area contributed by atoms with Gasteiger partial charge < -0.3 is 15.1 Å². The molecule has 29 heavy (non-hydrogen) atoms. The molecule has 1 fully saturated rings. The number of ketones is 1. The van der Waals surface area contributed by atoms with Crippen LogP contribution < -0.4 is 0 Å². The number of hydrogen-bond donors (Lipinski definition) is 2. The standard InChI is InChI=1S/C22H20ClNO5/c1-13-8-10-14(11-9-13)20(27)18-19(15-5-2-3-6-16(15)23)24(22(29)21(18)28)12-4-7-17(25)26/h2-3,5-6,8-11,19,27H,4,7,12H2,1H3,(H,25,26)/t19-/m0/s1. The number of Topliss-reactive ketones (excluding diaryl/α,β-unsaturated/α-hetero) is 1. The number of carbonyl (C=O) groups is 3. The number of hydrogen-bond acceptors (Lipinski definition) is 4. The van der Waals surface area contributed by atoms with Crippen LogP contribution in [-0.2, 0) is 14.4 Å². The summed E-state index contributed by atoms with van der Waals surface area (Å²) in [5.41, 5.74) is 1.84. The number of halogens is 1. The first-order valence-corrected chi connectivity index (χ1v) is 9.50. The van der Waals surface area contributed by atoms with Crippen molar-refractivity contribution < 1.29 is 24.6 Å². The molecule has 2 aromatic rings. The van der Waals surface area contributed by atoms with Crippen molar-refractivity contribution in [3.05, 3.63) is 75.8 Å². The number of aryl methyl sites for hydroxylation is 1. The average Bonchev–Trinajstić information content (AvgIpc) is 2.93. The third-order valence-electron chi connectivity index (χ3n) is 4.85. The lowest BCUT2D eigenvalue weighted by Crippen LogP contribution is -2.31. The van der Waals surface area contributed by atoms with Crippen LogP contribution in [0.15, 0.2) is 54.1 Å². The molecule has 7 heteroatoms. The van der Waals surface area contributed by atoms with Gasteiger partial charge in [0.05, 0.1) is 11.6 Å². The predicted octanol–water partition coefficient (Wildman–Crippen LogP) is 3.93. The van der Waals surface area contributed by atoms with Gasteiger partial charge in [-0.1, -0.05) is 59.6 Å². The fourth-order valence-corrected chi connectivity index (χ4v) is 3.64. The van der Waals surface area contributed by atoms with Crippen molar-refractivity contribution in [2.45, 2.75) is 25.8 Å². The molecule has 1 amide bonds. The summed E-state index contributed by atoms with van der Waals surface area (Å²) >= 11 is 6.34. The quantitative estimate of drug-likeness (QED) is 0.425. The Hall–Kier alpha value is -3.12. The van der Waals surface area contributed by atoms with Crippen molar-refractivity contribution in [3.63, 3.8) is 0 Å². The van der Waals surface area contributed by atoms with E-state index in [9.17, 15) is 19.5 Å². The Morgan fingerprint density at radius 2 is 1.72 bits per heavy atom. The normalized spacial score (nSPS) is 18.3. The van der Waals surface area contributed by atoms with E-state index in [4.69, 9.17) is 16.7 Å². The lowest BCUT2D eigenvalue weighted by Gasteiger charge is -2.25. The van der Waals surface area contributed by atoms with Gasteiger partial charge in [0.15, 0.2) is 0 Å². The summed E-state index contributed by atoms with van der Waals surface area (Å²) < 4.78 is 0. The minimum Gasteiger partial charge on any atom is -0.507 e. The van der Waals surface area contributed by atoms with Gasteiger partial charge in [-0.2, -0.15) is 0 Å². The number of aliphatic hydroxyl groups excluding tert-OH is 1. The molecule has 2 N–H and O–H groups in total. The molecule has 3 rings (SSSR count). The number of amides is 1. The van der Waals surface area contributed by atoms with E-state index in [1.807, 2.05) is 6.92 Å². The molecule has 2 aromatic carbocycles. The van der Waals surface area contributed by atoms with Gasteiger partial charge in [-0.15, -0.1) is 0 Å². The van der Waals surface area contributed by atoms with Gasteiger partial charge in [0.2, 0.25) is 0 Å². The van der Waals surface area contributed by atoms with Gasteiger partial charge in [0.25, 0.3) is 11.7 Å². The minimum atomic E-state index is -0.990. The number of rotatable bonds is 6. The zero-order valence-corrected chi connectivity index (χ0v) is 16.5. The first-order valence-electron chi connectivity index (χ1n) is 9.13. The Bertz CT molecular complexity index is 997. The van der Waals surface area contributed by atoms with Gasteiger partial charge in [0, 0.05) is 23.6 Å². The fourth-order valence-electron chi connectivity index (χ4n) is 3.40. The number of carbonyl (C=O) groups excluding carboxylic acids is 2. The number of carboxylic acid groups (broad SMARTS) is 1. The highest BCUT2D eigenvalue weighted by molar-refractivity contribution is 6.47. The second-order valence-electron chi connectivity index (χ2n) is 6.88. The molecule has 0 aromatic heterocycles. The smallest absolute Gasteiger partial charge is 0.303 e. The van der Waals surface area contributed by atoms with Gasteiger partial charge >= 0.3 is 5.97 Å². The average molecular weight is 414 g/mol. The van der Waals surface area contributed by atoms with Gasteiger partial charge in [-0.05, 0) is 25.0 Å². The maximum Gasteiger partial charge on any atom is 0.303 e. The molecular formula is C22H20ClNO5. The second kappa shape index (κ2) is 8.49. The highest BCUT2D eigenvalue weighted by Gasteiger charge is 2.46. The predicted molar refractivity (Wildman–Crippen MR) is 109 cm³/mol. The number of likely N-dealkylation sites (tertiary alicyclic amines) is 1. The summed E-state index contributed by atoms with van der Waals surface area (Å²) in [5, 5.41) is 20.1. The second-order valence-corrected chi connectivity index (χ2v) is 7.28. The van der Waals surface area contributed by atoms with Crippen molar-refractivity contribution in [1.82, 2.24) is 4.90 Å². The lowest BCUT2D eigenvalue weighted by molar-refractivity contribution is -0.140. The first-order chi connectivity index (χ1) is 13.8. The number of aliphatic hydroxyl groups is 1. The van der Waals surface area contributed by atoms with Crippen LogP contribution in [-0.4, -0.2) is 39.3 Å². The van der Waals surface area contributed by atoms with E-state index < -0.39 is 23.7 Å². The van der Waals surface area contributed by atoms with Crippen molar-refractivity contribution >= 4 is 35.0 Å². The van der Waals surface area contributed by atoms with Crippen molar-refractivity contribution in [3.8, 4) is 0 Å². The van der Waals surface area contributed by atoms with Crippen LogP contribution in [0.25, 0.3) is 5.76 Å². The van der Waals surface area contributed by atoms with Gasteiger partial charge in [0.1, 0.15) is 5.76 Å². The molecule has 1 saturated heterocycles. The highest BCUT2D eigenvalue weighted by atomic mass is 35.5. The Morgan fingerprint density at radius 3 is 2.34 bits per heavy atom. The van der Waals surface area contributed by atoms with Crippen molar-refractivity contribution in [1.29, 1.82) is 0 Å². The largest absolute Gasteiger partial charge is 0.507 e. The molecule has 150 valence electrons. The SMILES string of the molecule is Cc1ccc(C(O)=C2C(=O)C(=O)N(CCCC(=O)O)[C@H]2c2ccccc2Cl)cc1. The van der Waals surface area contributed by atoms with Gasteiger partial charge in [-0.25, -0.2) is 0 Å². The number of benzene rings is 2. The lowest BCUT2D eigenvalue weighted by atomic mass is 9.95. The van der Waals surface area contributed by atoms with Crippen LogP contribution in [0.1, 0.15) is 35.6 Å². The number of carboxylic acids is 1. The van der Waals surface area contributed by atoms with Crippen molar-refractivity contribution in [2.24, 2.45) is 0 Å². The summed E-state index contributed by atoms with van der Waals surface area (Å²) in [6.45, 7) is 1.95. The molecule has 1 atom stereocenters. The fraction of sp³-hybridized carbons (Fsp3) is 0.227. The number of aliphatic carboxylic acids is 1. The van der Waals surface area contributed by atoms with E-state index in [0.29, 0.717) is 16.1 Å². The third-order valence-corrected chi connectivity index (χ3v) is 5.20. The van der Waals surface area contributed by atoms with E-state index in [1.54, 1.807) is 48.5 Å². The molecule has 0 unspecified atom stereocenters. The van der Waals surface area contributed by atoms with Crippen LogP contribution in [0.3, 0.4) is 0 Å². The molecule has 6 nitrogen and oxygen atoms in total. The summed E-state index contributed by atoms with van der Waals surface area (Å²) in [6.07, 6.45) is 0.0318. The topological polar surface area (TPSA) is 94.9 Å². The summed E-state index contributed by atoms with van der Waals surface area (Å²) in [5.74, 6) is -2.87. The van der Waals surface area contributed by atoms with Crippen LogP contribution in [0.5, 0.6) is 0 Å². The molecule has 1 aliphatic heterocycles. The molecular weight excluding hydrogens is 394 g/mol. The zero-order chi connectivity index (χ0) is 21.1. The Morgan fingerprint density at radius 1 is 1.07 bits per heavy atom. The summed E-state index contributed by atoms with van der Waals surface area (Å²) in [4.78, 5) is 37.7. The van der Waals surface area contributed by atoms with E-state index in [2.05, 4.69) is 0 Å². The van der Waals surface area contributed by atoms with Crippen LogP contribution in [0.2, 0.25) is 5.02 Å². The van der Waals surface area contributed by atoms with Crippen LogP contribution in [0, 0.1) is 6.92 Å². The van der Waals surface area contributed by atoms with E-state index >= 15 is 0 Å². The molecule has 0 bridgehead atoms. The molecule has 0 spiro atoms. The van der Waals surface area contributed by atoms with Gasteiger partial charge in [-0.3, -0.25) is 14.4 Å². The van der Waals surface area contributed by atoms with E-state index in [0.717, 1.165) is 5.56 Å². The first kappa shape index (κ1) is 20.6. The summed E-state index contributed by atoms with van der Waals surface area (Å²) in [7, 11) is 0. The van der Waals surface area contributed by atoms with E-state index in [1.165, 1.54) is 4.90 Å². The molecule has 0 radical (unpaired) electrons. The summed E-state index contributed by atoms with van der Waals surface area (Å²) in [6, 6.07) is 12.8. The molecule has 0 aliphatic carbocycles. The maximum atomic E-state index is 12.8. The Balaban J connectivity index is 2.12. The molecule has 1 heterocycles. The third kappa shape index (κ3) is 4.17. The Kier molecular flexibility index (Phi) is 6.03. The minimum absolute atomic E-state index is 0.0530.